The van der Waals surface area contributed by atoms with Crippen molar-refractivity contribution in [3.63, 3.8) is 0 Å². The van der Waals surface area contributed by atoms with Gasteiger partial charge in [0.2, 0.25) is 0 Å². The van der Waals surface area contributed by atoms with Crippen LogP contribution in [0.25, 0.3) is 10.9 Å². The summed E-state index contributed by atoms with van der Waals surface area (Å²) in [5.41, 5.74) is 6.12. The predicted molar refractivity (Wildman–Crippen MR) is 90.1 cm³/mol. The molecule has 0 radical (unpaired) electrons. The van der Waals surface area contributed by atoms with E-state index in [1.54, 1.807) is 0 Å². The van der Waals surface area contributed by atoms with Crippen molar-refractivity contribution in [2.45, 2.75) is 6.04 Å². The highest BCUT2D eigenvalue weighted by molar-refractivity contribution is 14.1. The molecule has 20 heavy (non-hydrogen) atoms. The second-order valence-corrected chi connectivity index (χ2v) is 5.82. The van der Waals surface area contributed by atoms with E-state index in [1.165, 1.54) is 3.57 Å². The lowest BCUT2D eigenvalue weighted by atomic mass is 9.97. The average Bonchev–Trinajstić information content (AvgIpc) is 2.48. The van der Waals surface area contributed by atoms with Crippen LogP contribution in [0.1, 0.15) is 17.2 Å². The number of para-hydroxylation sites is 1. The van der Waals surface area contributed by atoms with Gasteiger partial charge in [-0.05, 0) is 46.4 Å². The maximum Gasteiger partial charge on any atom is 0.0753 e. The van der Waals surface area contributed by atoms with E-state index in [0.717, 1.165) is 22.0 Å². The van der Waals surface area contributed by atoms with Crippen LogP contribution < -0.4 is 11.3 Å². The molecular formula is C16H14IN3. The van der Waals surface area contributed by atoms with Crippen LogP contribution in [0.15, 0.2) is 60.8 Å². The molecule has 1 aromatic heterocycles. The molecule has 0 aliphatic heterocycles. The topological polar surface area (TPSA) is 50.9 Å². The lowest BCUT2D eigenvalue weighted by Gasteiger charge is -2.18. The molecule has 1 heterocycles. The SMILES string of the molecule is NNC(c1cccc(I)c1)c1cccc2cccnc12. The van der Waals surface area contributed by atoms with E-state index < -0.39 is 0 Å². The standard InChI is InChI=1S/C16H14IN3/c17-13-7-1-5-12(10-13)16(20-18)14-8-2-4-11-6-3-9-19-15(11)14/h1-10,16,20H,18H2. The van der Waals surface area contributed by atoms with Gasteiger partial charge in [0.15, 0.2) is 0 Å². The molecule has 3 aromatic rings. The Morgan fingerprint density at radius 2 is 1.85 bits per heavy atom. The van der Waals surface area contributed by atoms with Crippen LogP contribution in [0.4, 0.5) is 0 Å². The molecular weight excluding hydrogens is 361 g/mol. The summed E-state index contributed by atoms with van der Waals surface area (Å²) in [6.07, 6.45) is 1.81. The van der Waals surface area contributed by atoms with Gasteiger partial charge in [0, 0.05) is 20.7 Å². The van der Waals surface area contributed by atoms with Gasteiger partial charge in [-0.1, -0.05) is 36.4 Å². The first-order valence-corrected chi connectivity index (χ1v) is 7.42. The summed E-state index contributed by atoms with van der Waals surface area (Å²) < 4.78 is 1.19. The van der Waals surface area contributed by atoms with Gasteiger partial charge in [-0.15, -0.1) is 0 Å². The van der Waals surface area contributed by atoms with Crippen LogP contribution in [0.5, 0.6) is 0 Å². The van der Waals surface area contributed by atoms with Crippen molar-refractivity contribution in [1.82, 2.24) is 10.4 Å². The van der Waals surface area contributed by atoms with E-state index in [0.29, 0.717) is 0 Å². The lowest BCUT2D eigenvalue weighted by molar-refractivity contribution is 0.639. The van der Waals surface area contributed by atoms with Crippen molar-refractivity contribution in [2.75, 3.05) is 0 Å². The van der Waals surface area contributed by atoms with E-state index in [9.17, 15) is 0 Å². The van der Waals surface area contributed by atoms with Gasteiger partial charge in [-0.25, -0.2) is 5.43 Å². The number of fused-ring (bicyclic) bond motifs is 1. The highest BCUT2D eigenvalue weighted by atomic mass is 127. The Bertz CT molecular complexity index is 737. The predicted octanol–water partition coefficient (Wildman–Crippen LogP) is 3.39. The largest absolute Gasteiger partial charge is 0.271 e. The van der Waals surface area contributed by atoms with E-state index in [1.807, 2.05) is 24.4 Å². The number of pyridine rings is 1. The molecule has 0 amide bonds. The molecule has 0 saturated carbocycles. The van der Waals surface area contributed by atoms with Gasteiger partial charge >= 0.3 is 0 Å². The lowest BCUT2D eigenvalue weighted by Crippen LogP contribution is -2.29. The second-order valence-electron chi connectivity index (χ2n) is 4.58. The fraction of sp³-hybridized carbons (Fsp3) is 0.0625. The quantitative estimate of drug-likeness (QED) is 0.419. The highest BCUT2D eigenvalue weighted by Crippen LogP contribution is 2.27. The summed E-state index contributed by atoms with van der Waals surface area (Å²) in [5.74, 6) is 5.80. The summed E-state index contributed by atoms with van der Waals surface area (Å²) in [5, 5.41) is 1.12. The molecule has 4 heteroatoms. The van der Waals surface area contributed by atoms with Gasteiger partial charge in [0.05, 0.1) is 11.6 Å². The van der Waals surface area contributed by atoms with Crippen molar-refractivity contribution < 1.29 is 0 Å². The number of hydrazine groups is 1. The van der Waals surface area contributed by atoms with Crippen molar-refractivity contribution >= 4 is 33.5 Å². The minimum absolute atomic E-state index is 0.0664. The highest BCUT2D eigenvalue weighted by Gasteiger charge is 2.15. The molecule has 100 valence electrons. The Hall–Kier alpha value is -1.50. The first-order chi connectivity index (χ1) is 9.79. The number of hydrogen-bond donors (Lipinski definition) is 2. The van der Waals surface area contributed by atoms with Crippen molar-refractivity contribution in [1.29, 1.82) is 0 Å². The molecule has 2 aromatic carbocycles. The third kappa shape index (κ3) is 2.54. The van der Waals surface area contributed by atoms with Gasteiger partial charge in [-0.3, -0.25) is 10.8 Å². The number of nitrogens with two attached hydrogens (primary N) is 1. The Morgan fingerprint density at radius 3 is 2.65 bits per heavy atom. The maximum atomic E-state index is 5.80. The molecule has 1 unspecified atom stereocenters. The number of rotatable bonds is 3. The Morgan fingerprint density at radius 1 is 1.05 bits per heavy atom. The van der Waals surface area contributed by atoms with E-state index in [-0.39, 0.29) is 6.04 Å². The third-order valence-corrected chi connectivity index (χ3v) is 3.99. The van der Waals surface area contributed by atoms with Gasteiger partial charge < -0.3 is 0 Å². The fourth-order valence-corrected chi connectivity index (χ4v) is 2.98. The maximum absolute atomic E-state index is 5.80. The average molecular weight is 375 g/mol. The van der Waals surface area contributed by atoms with E-state index in [4.69, 9.17) is 5.84 Å². The molecule has 3 nitrogen and oxygen atoms in total. The van der Waals surface area contributed by atoms with Crippen LogP contribution in [0, 0.1) is 3.57 Å². The van der Waals surface area contributed by atoms with Crippen molar-refractivity contribution in [3.8, 4) is 0 Å². The summed E-state index contributed by atoms with van der Waals surface area (Å²) in [6, 6.07) is 18.4. The van der Waals surface area contributed by atoms with Crippen molar-refractivity contribution in [3.05, 3.63) is 75.5 Å². The van der Waals surface area contributed by atoms with Gasteiger partial charge in [0.25, 0.3) is 0 Å². The number of nitrogens with zero attached hydrogens (tertiary/aromatic N) is 1. The van der Waals surface area contributed by atoms with Gasteiger partial charge in [-0.2, -0.15) is 0 Å². The molecule has 0 spiro atoms. The third-order valence-electron chi connectivity index (χ3n) is 3.32. The summed E-state index contributed by atoms with van der Waals surface area (Å²) in [6.45, 7) is 0. The number of nitrogens with one attached hydrogen (secondary N) is 1. The second kappa shape index (κ2) is 5.87. The smallest absolute Gasteiger partial charge is 0.0753 e. The summed E-state index contributed by atoms with van der Waals surface area (Å²) in [7, 11) is 0. The van der Waals surface area contributed by atoms with Crippen LogP contribution in [0.3, 0.4) is 0 Å². The zero-order chi connectivity index (χ0) is 13.9. The molecule has 0 aliphatic rings. The van der Waals surface area contributed by atoms with E-state index in [2.05, 4.69) is 69.4 Å². The summed E-state index contributed by atoms with van der Waals surface area (Å²) >= 11 is 2.31. The molecule has 0 bridgehead atoms. The molecule has 0 saturated heterocycles. The zero-order valence-electron chi connectivity index (χ0n) is 10.8. The van der Waals surface area contributed by atoms with Crippen molar-refractivity contribution in [2.24, 2.45) is 5.84 Å². The number of benzene rings is 2. The molecule has 1 atom stereocenters. The number of aromatic nitrogens is 1. The van der Waals surface area contributed by atoms with Crippen LogP contribution in [-0.4, -0.2) is 4.98 Å². The molecule has 0 fully saturated rings. The van der Waals surface area contributed by atoms with Crippen LogP contribution in [-0.2, 0) is 0 Å². The first kappa shape index (κ1) is 13.5. The normalized spacial score (nSPS) is 12.5. The zero-order valence-corrected chi connectivity index (χ0v) is 12.9. The van der Waals surface area contributed by atoms with Crippen LogP contribution >= 0.6 is 22.6 Å². The molecule has 3 N–H and O–H groups in total. The monoisotopic (exact) mass is 375 g/mol. The van der Waals surface area contributed by atoms with Gasteiger partial charge in [0.1, 0.15) is 0 Å². The van der Waals surface area contributed by atoms with E-state index >= 15 is 0 Å². The fourth-order valence-electron chi connectivity index (χ4n) is 2.41. The minimum Gasteiger partial charge on any atom is -0.271 e. The number of hydrogen-bond acceptors (Lipinski definition) is 3. The van der Waals surface area contributed by atoms with Crippen LogP contribution in [0.2, 0.25) is 0 Å². The minimum atomic E-state index is -0.0664. The molecule has 3 rings (SSSR count). The Balaban J connectivity index is 2.17. The Kier molecular flexibility index (Phi) is 3.95. The molecule has 0 aliphatic carbocycles. The Labute approximate surface area is 131 Å². The summed E-state index contributed by atoms with van der Waals surface area (Å²) in [4.78, 5) is 4.50. The number of halogens is 1. The first-order valence-electron chi connectivity index (χ1n) is 6.35.